The van der Waals surface area contributed by atoms with Gasteiger partial charge in [0.05, 0.1) is 0 Å². The molecule has 0 unspecified atom stereocenters. The lowest BCUT2D eigenvalue weighted by Crippen LogP contribution is -2.04. The first-order chi connectivity index (χ1) is 5.08. The molecule has 0 heterocycles. The molecule has 1 rings (SSSR count). The number of rotatable bonds is 4. The largest absolute Gasteiger partial charge is 0.0602 e. The van der Waals surface area contributed by atoms with Gasteiger partial charge in [-0.2, -0.15) is 0 Å². The van der Waals surface area contributed by atoms with Gasteiger partial charge in [0.1, 0.15) is 0 Å². The number of hydrogen-bond acceptors (Lipinski definition) is 0. The minimum Gasteiger partial charge on any atom is -0.0602 e. The molecule has 0 nitrogen and oxygen atoms in total. The third kappa shape index (κ3) is 5.29. The van der Waals surface area contributed by atoms with E-state index in [9.17, 15) is 0 Å². The molecule has 1 radical (unpaired) electrons. The second-order valence-corrected chi connectivity index (χ2v) is 5.07. The van der Waals surface area contributed by atoms with Gasteiger partial charge < -0.3 is 0 Å². The fourth-order valence-corrected chi connectivity index (χ4v) is 1.24. The Bertz CT molecular complexity index is 104. The Balaban J connectivity index is 1.87. The molecule has 0 aromatic heterocycles. The zero-order valence-corrected chi connectivity index (χ0v) is 8.19. The highest BCUT2D eigenvalue weighted by Crippen LogP contribution is 2.34. The minimum absolute atomic E-state index is 0.528. The Morgan fingerprint density at radius 2 is 1.91 bits per heavy atom. The van der Waals surface area contributed by atoms with Crippen LogP contribution in [0.15, 0.2) is 0 Å². The molecule has 0 bridgehead atoms. The summed E-state index contributed by atoms with van der Waals surface area (Å²) in [5.41, 5.74) is 0.528. The van der Waals surface area contributed by atoms with Crippen LogP contribution in [0.4, 0.5) is 0 Å². The van der Waals surface area contributed by atoms with E-state index in [0.29, 0.717) is 5.41 Å². The third-order valence-electron chi connectivity index (χ3n) is 2.30. The highest BCUT2D eigenvalue weighted by atomic mass is 14.3. The quantitative estimate of drug-likeness (QED) is 0.539. The Labute approximate surface area is 71.4 Å². The molecule has 1 saturated carbocycles. The zero-order valence-electron chi connectivity index (χ0n) is 8.19. The van der Waals surface area contributed by atoms with Gasteiger partial charge in [-0.25, -0.2) is 0 Å². The highest BCUT2D eigenvalue weighted by molar-refractivity contribution is 4.81. The summed E-state index contributed by atoms with van der Waals surface area (Å²) in [6, 6.07) is 0. The summed E-state index contributed by atoms with van der Waals surface area (Å²) in [5.74, 6) is 1.08. The molecule has 11 heavy (non-hydrogen) atoms. The van der Waals surface area contributed by atoms with Gasteiger partial charge in [0, 0.05) is 0 Å². The molecule has 0 N–H and O–H groups in total. The van der Waals surface area contributed by atoms with Crippen molar-refractivity contribution in [2.24, 2.45) is 11.3 Å². The molecule has 1 aliphatic carbocycles. The van der Waals surface area contributed by atoms with E-state index in [2.05, 4.69) is 27.2 Å². The zero-order chi connectivity index (χ0) is 8.32. The highest BCUT2D eigenvalue weighted by Gasteiger charge is 2.20. The van der Waals surface area contributed by atoms with Crippen LogP contribution >= 0.6 is 0 Å². The number of hydrogen-bond donors (Lipinski definition) is 0. The normalized spacial score (nSPS) is 18.8. The van der Waals surface area contributed by atoms with Crippen molar-refractivity contribution in [2.75, 3.05) is 0 Å². The van der Waals surface area contributed by atoms with Crippen LogP contribution in [0.1, 0.15) is 52.9 Å². The van der Waals surface area contributed by atoms with Gasteiger partial charge in [-0.05, 0) is 37.0 Å². The molecule has 0 spiro atoms. The van der Waals surface area contributed by atoms with Crippen LogP contribution in [0.2, 0.25) is 0 Å². The second-order valence-electron chi connectivity index (χ2n) is 5.07. The van der Waals surface area contributed by atoms with Crippen LogP contribution in [0.5, 0.6) is 0 Å². The predicted octanol–water partition coefficient (Wildman–Crippen LogP) is 3.82. The molecule has 65 valence electrons. The fraction of sp³-hybridized carbons (Fsp3) is 0.909. The van der Waals surface area contributed by atoms with E-state index in [1.807, 2.05) is 0 Å². The van der Waals surface area contributed by atoms with Crippen molar-refractivity contribution >= 4 is 0 Å². The summed E-state index contributed by atoms with van der Waals surface area (Å²) in [6.45, 7) is 6.95. The molecule has 0 saturated heterocycles. The van der Waals surface area contributed by atoms with E-state index in [1.54, 1.807) is 0 Å². The van der Waals surface area contributed by atoms with Crippen molar-refractivity contribution in [3.05, 3.63) is 6.42 Å². The SMILES string of the molecule is CC(C)(C)CC[CH]CC1CC1. The fourth-order valence-electron chi connectivity index (χ4n) is 1.24. The van der Waals surface area contributed by atoms with Gasteiger partial charge in [0.25, 0.3) is 0 Å². The molecular weight excluding hydrogens is 132 g/mol. The van der Waals surface area contributed by atoms with E-state index in [-0.39, 0.29) is 0 Å². The van der Waals surface area contributed by atoms with Crippen LogP contribution in [0.25, 0.3) is 0 Å². The van der Waals surface area contributed by atoms with Gasteiger partial charge in [-0.3, -0.25) is 0 Å². The lowest BCUT2D eigenvalue weighted by Gasteiger charge is -2.17. The van der Waals surface area contributed by atoms with Gasteiger partial charge in [0.15, 0.2) is 0 Å². The van der Waals surface area contributed by atoms with E-state index >= 15 is 0 Å². The summed E-state index contributed by atoms with van der Waals surface area (Å²) in [6.07, 6.45) is 9.52. The lowest BCUT2D eigenvalue weighted by molar-refractivity contribution is 0.374. The average Bonchev–Trinajstić information content (AvgIpc) is 2.60. The molecule has 1 aliphatic rings. The van der Waals surface area contributed by atoms with Crippen molar-refractivity contribution in [3.63, 3.8) is 0 Å². The van der Waals surface area contributed by atoms with Crippen LogP contribution in [0, 0.1) is 17.8 Å². The van der Waals surface area contributed by atoms with E-state index < -0.39 is 0 Å². The third-order valence-corrected chi connectivity index (χ3v) is 2.30. The minimum atomic E-state index is 0.528. The van der Waals surface area contributed by atoms with Crippen molar-refractivity contribution in [1.82, 2.24) is 0 Å². The standard InChI is InChI=1S/C11H21/c1-11(2,3)9-5-4-6-10-7-8-10/h4,10H,5-9H2,1-3H3. The summed E-state index contributed by atoms with van der Waals surface area (Å²) < 4.78 is 0. The summed E-state index contributed by atoms with van der Waals surface area (Å²) >= 11 is 0. The topological polar surface area (TPSA) is 0 Å². The van der Waals surface area contributed by atoms with E-state index in [1.165, 1.54) is 32.1 Å². The molecule has 0 heteroatoms. The van der Waals surface area contributed by atoms with Crippen molar-refractivity contribution in [1.29, 1.82) is 0 Å². The van der Waals surface area contributed by atoms with Gasteiger partial charge in [0.2, 0.25) is 0 Å². The molecule has 0 aromatic rings. The first-order valence-electron chi connectivity index (χ1n) is 4.89. The molecular formula is C11H21. The van der Waals surface area contributed by atoms with E-state index in [4.69, 9.17) is 0 Å². The molecule has 0 aromatic carbocycles. The van der Waals surface area contributed by atoms with Gasteiger partial charge in [-0.1, -0.05) is 33.6 Å². The van der Waals surface area contributed by atoms with Crippen molar-refractivity contribution in [3.8, 4) is 0 Å². The van der Waals surface area contributed by atoms with Crippen molar-refractivity contribution in [2.45, 2.75) is 52.9 Å². The molecule has 0 amide bonds. The van der Waals surface area contributed by atoms with Crippen LogP contribution in [0.3, 0.4) is 0 Å². The van der Waals surface area contributed by atoms with Crippen LogP contribution in [-0.4, -0.2) is 0 Å². The Morgan fingerprint density at radius 1 is 1.27 bits per heavy atom. The van der Waals surface area contributed by atoms with Crippen molar-refractivity contribution < 1.29 is 0 Å². The number of unbranched alkanes of at least 4 members (excludes halogenated alkanes) is 1. The Hall–Kier alpha value is 0. The lowest BCUT2D eigenvalue weighted by atomic mass is 9.89. The van der Waals surface area contributed by atoms with Crippen LogP contribution < -0.4 is 0 Å². The summed E-state index contributed by atoms with van der Waals surface area (Å²) in [7, 11) is 0. The smallest absolute Gasteiger partial charge is 0.0383 e. The van der Waals surface area contributed by atoms with Crippen LogP contribution in [-0.2, 0) is 0 Å². The summed E-state index contributed by atoms with van der Waals surface area (Å²) in [4.78, 5) is 0. The van der Waals surface area contributed by atoms with Gasteiger partial charge in [-0.15, -0.1) is 0 Å². The average molecular weight is 153 g/mol. The Morgan fingerprint density at radius 3 is 2.36 bits per heavy atom. The molecule has 0 atom stereocenters. The maximum Gasteiger partial charge on any atom is -0.0383 e. The maximum absolute atomic E-state index is 2.49. The Kier molecular flexibility index (Phi) is 2.98. The first kappa shape index (κ1) is 9.09. The van der Waals surface area contributed by atoms with E-state index in [0.717, 1.165) is 5.92 Å². The second kappa shape index (κ2) is 3.60. The molecule has 1 fully saturated rings. The summed E-state index contributed by atoms with van der Waals surface area (Å²) in [5, 5.41) is 0. The molecule has 0 aliphatic heterocycles. The monoisotopic (exact) mass is 153 g/mol. The first-order valence-corrected chi connectivity index (χ1v) is 4.89. The predicted molar refractivity (Wildman–Crippen MR) is 50.3 cm³/mol. The van der Waals surface area contributed by atoms with Gasteiger partial charge >= 0.3 is 0 Å². The maximum atomic E-state index is 2.49.